The van der Waals surface area contributed by atoms with E-state index in [9.17, 15) is 15.0 Å². The molecule has 2 aromatic rings. The lowest BCUT2D eigenvalue weighted by Gasteiger charge is -2.11. The fraction of sp³-hybridized carbons (Fsp3) is 0.188. The molecule has 0 amide bonds. The largest absolute Gasteiger partial charge is 0.504 e. The molecule has 0 heterocycles. The molecule has 3 nitrogen and oxygen atoms in total. The molecule has 19 heavy (non-hydrogen) atoms. The Hall–Kier alpha value is -2.29. The highest BCUT2D eigenvalue weighted by molar-refractivity contribution is 6.11. The van der Waals surface area contributed by atoms with Crippen molar-refractivity contribution in [3.8, 4) is 11.5 Å². The van der Waals surface area contributed by atoms with E-state index in [1.54, 1.807) is 0 Å². The second-order valence-corrected chi connectivity index (χ2v) is 4.81. The Morgan fingerprint density at radius 2 is 1.47 bits per heavy atom. The van der Waals surface area contributed by atoms with Gasteiger partial charge in [0.1, 0.15) is 0 Å². The molecule has 0 spiro atoms. The van der Waals surface area contributed by atoms with Crippen molar-refractivity contribution >= 4 is 5.78 Å². The quantitative estimate of drug-likeness (QED) is 0.640. The van der Waals surface area contributed by atoms with Gasteiger partial charge in [0, 0.05) is 11.1 Å². The molecule has 0 radical (unpaired) electrons. The highest BCUT2D eigenvalue weighted by Crippen LogP contribution is 2.27. The summed E-state index contributed by atoms with van der Waals surface area (Å²) in [6.45, 7) is 5.78. The second-order valence-electron chi connectivity index (χ2n) is 4.81. The number of hydrogen-bond acceptors (Lipinski definition) is 3. The zero-order valence-electron chi connectivity index (χ0n) is 11.2. The molecule has 0 aromatic heterocycles. The normalized spacial score (nSPS) is 10.5. The lowest BCUT2D eigenvalue weighted by molar-refractivity contribution is 0.103. The summed E-state index contributed by atoms with van der Waals surface area (Å²) < 4.78 is 0. The first-order chi connectivity index (χ1) is 8.90. The summed E-state index contributed by atoms with van der Waals surface area (Å²) >= 11 is 0. The number of rotatable bonds is 2. The first-order valence-electron chi connectivity index (χ1n) is 6.04. The molecule has 0 atom stereocenters. The SMILES string of the molecule is Cc1cc(C)c(C(=O)c2ccc(O)c(O)c2)c(C)c1. The van der Waals surface area contributed by atoms with E-state index in [0.29, 0.717) is 11.1 Å². The standard InChI is InChI=1S/C16H16O3/c1-9-6-10(2)15(11(3)7-9)16(19)12-4-5-13(17)14(18)8-12/h4-8,17-18H,1-3H3. The molecular formula is C16H16O3. The van der Waals surface area contributed by atoms with Crippen molar-refractivity contribution < 1.29 is 15.0 Å². The minimum absolute atomic E-state index is 0.148. The van der Waals surface area contributed by atoms with Gasteiger partial charge in [-0.1, -0.05) is 17.7 Å². The van der Waals surface area contributed by atoms with Gasteiger partial charge >= 0.3 is 0 Å². The highest BCUT2D eigenvalue weighted by atomic mass is 16.3. The third kappa shape index (κ3) is 2.45. The maximum atomic E-state index is 12.5. The summed E-state index contributed by atoms with van der Waals surface area (Å²) in [5, 5.41) is 18.8. The molecule has 98 valence electrons. The summed E-state index contributed by atoms with van der Waals surface area (Å²) in [7, 11) is 0. The molecule has 0 saturated heterocycles. The number of aryl methyl sites for hydroxylation is 3. The number of carbonyl (C=O) groups is 1. The Bertz CT molecular complexity index is 634. The highest BCUT2D eigenvalue weighted by Gasteiger charge is 2.16. The second kappa shape index (κ2) is 4.76. The molecule has 0 fully saturated rings. The Balaban J connectivity index is 2.53. The van der Waals surface area contributed by atoms with Crippen molar-refractivity contribution in [2.45, 2.75) is 20.8 Å². The summed E-state index contributed by atoms with van der Waals surface area (Å²) in [6, 6.07) is 8.04. The van der Waals surface area contributed by atoms with Crippen molar-refractivity contribution in [1.82, 2.24) is 0 Å². The fourth-order valence-electron chi connectivity index (χ4n) is 2.35. The van der Waals surface area contributed by atoms with Gasteiger partial charge in [-0.2, -0.15) is 0 Å². The zero-order valence-corrected chi connectivity index (χ0v) is 11.2. The number of benzene rings is 2. The molecular weight excluding hydrogens is 240 g/mol. The topological polar surface area (TPSA) is 57.5 Å². The molecule has 0 saturated carbocycles. The first-order valence-corrected chi connectivity index (χ1v) is 6.04. The van der Waals surface area contributed by atoms with Gasteiger partial charge in [-0.25, -0.2) is 0 Å². The number of phenols is 2. The maximum absolute atomic E-state index is 12.5. The number of phenolic OH excluding ortho intramolecular Hbond substituents is 2. The van der Waals surface area contributed by atoms with Gasteiger partial charge in [-0.3, -0.25) is 4.79 Å². The van der Waals surface area contributed by atoms with Crippen LogP contribution in [-0.4, -0.2) is 16.0 Å². The Morgan fingerprint density at radius 3 is 2.00 bits per heavy atom. The van der Waals surface area contributed by atoms with Gasteiger partial charge in [0.2, 0.25) is 0 Å². The van der Waals surface area contributed by atoms with Crippen molar-refractivity contribution in [2.75, 3.05) is 0 Å². The lowest BCUT2D eigenvalue weighted by atomic mass is 9.93. The first kappa shape index (κ1) is 13.1. The van der Waals surface area contributed by atoms with Crippen LogP contribution in [0.5, 0.6) is 11.5 Å². The van der Waals surface area contributed by atoms with Crippen LogP contribution in [0.25, 0.3) is 0 Å². The van der Waals surface area contributed by atoms with Gasteiger partial charge in [-0.15, -0.1) is 0 Å². The van der Waals surface area contributed by atoms with Crippen molar-refractivity contribution in [3.05, 3.63) is 58.1 Å². The monoisotopic (exact) mass is 256 g/mol. The molecule has 2 aromatic carbocycles. The van der Waals surface area contributed by atoms with Crippen LogP contribution in [0, 0.1) is 20.8 Å². The van der Waals surface area contributed by atoms with Crippen LogP contribution in [0.2, 0.25) is 0 Å². The Kier molecular flexibility index (Phi) is 3.30. The molecule has 0 aliphatic heterocycles. The molecule has 0 aliphatic carbocycles. The fourth-order valence-corrected chi connectivity index (χ4v) is 2.35. The Labute approximate surface area is 112 Å². The van der Waals surface area contributed by atoms with E-state index in [4.69, 9.17) is 0 Å². The summed E-state index contributed by atoms with van der Waals surface area (Å²) in [6.07, 6.45) is 0. The number of ketones is 1. The van der Waals surface area contributed by atoms with Crippen molar-refractivity contribution in [3.63, 3.8) is 0 Å². The average Bonchev–Trinajstić information content (AvgIpc) is 2.31. The molecule has 0 unspecified atom stereocenters. The number of hydrogen-bond donors (Lipinski definition) is 2. The van der Waals surface area contributed by atoms with E-state index in [0.717, 1.165) is 16.7 Å². The zero-order chi connectivity index (χ0) is 14.2. The Morgan fingerprint density at radius 1 is 0.895 bits per heavy atom. The van der Waals surface area contributed by atoms with Gasteiger partial charge in [-0.05, 0) is 50.1 Å². The van der Waals surface area contributed by atoms with Gasteiger partial charge < -0.3 is 10.2 Å². The van der Waals surface area contributed by atoms with Gasteiger partial charge in [0.25, 0.3) is 0 Å². The minimum Gasteiger partial charge on any atom is -0.504 e. The van der Waals surface area contributed by atoms with Crippen LogP contribution in [0.1, 0.15) is 32.6 Å². The summed E-state index contributed by atoms with van der Waals surface area (Å²) in [5.74, 6) is -0.660. The molecule has 0 bridgehead atoms. The molecule has 0 aliphatic rings. The third-order valence-electron chi connectivity index (χ3n) is 3.14. The van der Waals surface area contributed by atoms with Crippen molar-refractivity contribution in [2.24, 2.45) is 0 Å². The predicted octanol–water partition coefficient (Wildman–Crippen LogP) is 3.25. The van der Waals surface area contributed by atoms with Gasteiger partial charge in [0.15, 0.2) is 17.3 Å². The smallest absolute Gasteiger partial charge is 0.193 e. The van der Waals surface area contributed by atoms with Crippen LogP contribution in [0.15, 0.2) is 30.3 Å². The number of carbonyl (C=O) groups excluding carboxylic acids is 1. The van der Waals surface area contributed by atoms with Crippen LogP contribution >= 0.6 is 0 Å². The van der Waals surface area contributed by atoms with Crippen molar-refractivity contribution in [1.29, 1.82) is 0 Å². The summed E-state index contributed by atoms with van der Waals surface area (Å²) in [5.41, 5.74) is 3.95. The van der Waals surface area contributed by atoms with Crippen LogP contribution in [0.3, 0.4) is 0 Å². The summed E-state index contributed by atoms with van der Waals surface area (Å²) in [4.78, 5) is 12.5. The molecule has 2 N–H and O–H groups in total. The maximum Gasteiger partial charge on any atom is 0.193 e. The average molecular weight is 256 g/mol. The van der Waals surface area contributed by atoms with E-state index >= 15 is 0 Å². The van der Waals surface area contributed by atoms with Crippen LogP contribution in [-0.2, 0) is 0 Å². The van der Waals surface area contributed by atoms with E-state index < -0.39 is 0 Å². The lowest BCUT2D eigenvalue weighted by Crippen LogP contribution is -2.06. The van der Waals surface area contributed by atoms with E-state index in [1.165, 1.54) is 18.2 Å². The van der Waals surface area contributed by atoms with Crippen LogP contribution in [0.4, 0.5) is 0 Å². The van der Waals surface area contributed by atoms with E-state index in [1.807, 2.05) is 32.9 Å². The molecule has 3 heteroatoms. The predicted molar refractivity (Wildman–Crippen MR) is 73.9 cm³/mol. The van der Waals surface area contributed by atoms with E-state index in [2.05, 4.69) is 0 Å². The minimum atomic E-state index is -0.284. The molecule has 2 rings (SSSR count). The third-order valence-corrected chi connectivity index (χ3v) is 3.14. The van der Waals surface area contributed by atoms with E-state index in [-0.39, 0.29) is 17.3 Å². The van der Waals surface area contributed by atoms with Crippen LogP contribution < -0.4 is 0 Å². The van der Waals surface area contributed by atoms with Gasteiger partial charge in [0.05, 0.1) is 0 Å². The number of aromatic hydroxyl groups is 2.